The Labute approximate surface area is 170 Å². The SMILES string of the molecule is COc1cc(C(=O)N2CCC(Nc3cccc(Cl)c3)CC2)cc(OC)c1OC. The van der Waals surface area contributed by atoms with Crippen LogP contribution in [0.2, 0.25) is 5.02 Å². The Balaban J connectivity index is 1.66. The number of hydrogen-bond acceptors (Lipinski definition) is 5. The molecule has 0 saturated carbocycles. The van der Waals surface area contributed by atoms with Crippen LogP contribution in [-0.4, -0.2) is 51.3 Å². The van der Waals surface area contributed by atoms with Gasteiger partial charge in [0.15, 0.2) is 11.5 Å². The molecule has 1 aliphatic rings. The van der Waals surface area contributed by atoms with E-state index in [2.05, 4.69) is 5.32 Å². The lowest BCUT2D eigenvalue weighted by Gasteiger charge is -2.33. The minimum Gasteiger partial charge on any atom is -0.493 e. The van der Waals surface area contributed by atoms with Gasteiger partial charge in [0, 0.05) is 35.4 Å². The summed E-state index contributed by atoms with van der Waals surface area (Å²) in [4.78, 5) is 14.8. The first kappa shape index (κ1) is 20.1. The highest BCUT2D eigenvalue weighted by Crippen LogP contribution is 2.38. The number of anilines is 1. The predicted octanol–water partition coefficient (Wildman–Crippen LogP) is 4.08. The summed E-state index contributed by atoms with van der Waals surface area (Å²) in [6.07, 6.45) is 1.73. The third-order valence-electron chi connectivity index (χ3n) is 4.89. The smallest absolute Gasteiger partial charge is 0.254 e. The number of halogens is 1. The lowest BCUT2D eigenvalue weighted by Crippen LogP contribution is -2.42. The molecular formula is C21H25ClN2O4. The second kappa shape index (κ2) is 9.06. The first-order chi connectivity index (χ1) is 13.5. The van der Waals surface area contributed by atoms with Crippen LogP contribution in [0.25, 0.3) is 0 Å². The highest BCUT2D eigenvalue weighted by Gasteiger charge is 2.25. The van der Waals surface area contributed by atoms with E-state index in [1.807, 2.05) is 29.2 Å². The number of nitrogens with one attached hydrogen (secondary N) is 1. The molecule has 0 spiro atoms. The van der Waals surface area contributed by atoms with Crippen LogP contribution in [0, 0.1) is 0 Å². The molecule has 1 heterocycles. The molecule has 1 saturated heterocycles. The van der Waals surface area contributed by atoms with Crippen molar-refractivity contribution in [2.45, 2.75) is 18.9 Å². The Bertz CT molecular complexity index is 810. The zero-order chi connectivity index (χ0) is 20.1. The highest BCUT2D eigenvalue weighted by atomic mass is 35.5. The number of ether oxygens (including phenoxy) is 3. The van der Waals surface area contributed by atoms with Crippen molar-refractivity contribution in [1.29, 1.82) is 0 Å². The van der Waals surface area contributed by atoms with Crippen molar-refractivity contribution >= 4 is 23.2 Å². The summed E-state index contributed by atoms with van der Waals surface area (Å²) in [7, 11) is 4.62. The maximum atomic E-state index is 13.0. The number of piperidine rings is 1. The normalized spacial score (nSPS) is 14.5. The summed E-state index contributed by atoms with van der Waals surface area (Å²) in [6, 6.07) is 11.4. The average Bonchev–Trinajstić information content (AvgIpc) is 2.72. The molecule has 0 aliphatic carbocycles. The fourth-order valence-corrected chi connectivity index (χ4v) is 3.62. The van der Waals surface area contributed by atoms with Gasteiger partial charge in [-0.05, 0) is 43.2 Å². The van der Waals surface area contributed by atoms with E-state index in [1.165, 1.54) is 0 Å². The Morgan fingerprint density at radius 3 is 2.21 bits per heavy atom. The van der Waals surface area contributed by atoms with E-state index in [9.17, 15) is 4.79 Å². The third kappa shape index (κ3) is 4.44. The quantitative estimate of drug-likeness (QED) is 0.786. The van der Waals surface area contributed by atoms with Gasteiger partial charge in [-0.3, -0.25) is 4.79 Å². The van der Waals surface area contributed by atoms with Crippen LogP contribution in [0.5, 0.6) is 17.2 Å². The van der Waals surface area contributed by atoms with E-state index in [0.29, 0.717) is 47.0 Å². The standard InChI is InChI=1S/C21H25ClN2O4/c1-26-18-11-14(12-19(27-2)20(18)28-3)21(25)24-9-7-16(8-10-24)23-17-6-4-5-15(22)13-17/h4-6,11-13,16,23H,7-10H2,1-3H3. The molecule has 1 N–H and O–H groups in total. The molecule has 1 fully saturated rings. The molecule has 3 rings (SSSR count). The zero-order valence-corrected chi connectivity index (χ0v) is 17.1. The number of rotatable bonds is 6. The second-order valence-corrected chi connectivity index (χ2v) is 7.07. The van der Waals surface area contributed by atoms with Gasteiger partial charge >= 0.3 is 0 Å². The van der Waals surface area contributed by atoms with Gasteiger partial charge in [-0.2, -0.15) is 0 Å². The van der Waals surface area contributed by atoms with E-state index in [0.717, 1.165) is 18.5 Å². The number of carbonyl (C=O) groups excluding carboxylic acids is 1. The molecule has 7 heteroatoms. The van der Waals surface area contributed by atoms with Crippen molar-refractivity contribution < 1.29 is 19.0 Å². The van der Waals surface area contributed by atoms with Crippen molar-refractivity contribution in [3.63, 3.8) is 0 Å². The van der Waals surface area contributed by atoms with Crippen LogP contribution >= 0.6 is 11.6 Å². The monoisotopic (exact) mass is 404 g/mol. The van der Waals surface area contributed by atoms with Gasteiger partial charge in [0.1, 0.15) is 0 Å². The average molecular weight is 405 g/mol. The molecule has 0 bridgehead atoms. The summed E-state index contributed by atoms with van der Waals surface area (Å²) in [5, 5.41) is 4.20. The summed E-state index contributed by atoms with van der Waals surface area (Å²) < 4.78 is 16.0. The summed E-state index contributed by atoms with van der Waals surface area (Å²) in [5.74, 6) is 1.39. The number of likely N-dealkylation sites (tertiary alicyclic amines) is 1. The molecule has 0 unspecified atom stereocenters. The third-order valence-corrected chi connectivity index (χ3v) is 5.12. The fourth-order valence-electron chi connectivity index (χ4n) is 3.43. The Morgan fingerprint density at radius 1 is 1.04 bits per heavy atom. The van der Waals surface area contributed by atoms with Crippen LogP contribution in [-0.2, 0) is 0 Å². The van der Waals surface area contributed by atoms with Gasteiger partial charge in [0.25, 0.3) is 5.91 Å². The molecule has 2 aromatic rings. The largest absolute Gasteiger partial charge is 0.493 e. The summed E-state index contributed by atoms with van der Waals surface area (Å²) >= 11 is 6.04. The van der Waals surface area contributed by atoms with Crippen LogP contribution in [0.15, 0.2) is 36.4 Å². The molecule has 150 valence electrons. The van der Waals surface area contributed by atoms with Gasteiger partial charge in [-0.25, -0.2) is 0 Å². The molecule has 6 nitrogen and oxygen atoms in total. The Morgan fingerprint density at radius 2 is 1.68 bits per heavy atom. The molecule has 0 aromatic heterocycles. The summed E-state index contributed by atoms with van der Waals surface area (Å²) in [5.41, 5.74) is 1.53. The molecular weight excluding hydrogens is 380 g/mol. The minimum absolute atomic E-state index is 0.0412. The molecule has 1 amide bonds. The molecule has 0 radical (unpaired) electrons. The van der Waals surface area contributed by atoms with Crippen molar-refractivity contribution in [1.82, 2.24) is 4.90 Å². The lowest BCUT2D eigenvalue weighted by molar-refractivity contribution is 0.0717. The zero-order valence-electron chi connectivity index (χ0n) is 16.3. The first-order valence-corrected chi connectivity index (χ1v) is 9.55. The molecule has 1 aliphatic heterocycles. The van der Waals surface area contributed by atoms with Gasteiger partial charge in [-0.15, -0.1) is 0 Å². The van der Waals surface area contributed by atoms with Crippen molar-refractivity contribution in [3.05, 3.63) is 47.0 Å². The van der Waals surface area contributed by atoms with Crippen molar-refractivity contribution in [2.75, 3.05) is 39.7 Å². The van der Waals surface area contributed by atoms with Gasteiger partial charge in [0.05, 0.1) is 21.3 Å². The van der Waals surface area contributed by atoms with Crippen LogP contribution in [0.3, 0.4) is 0 Å². The molecule has 0 atom stereocenters. The maximum absolute atomic E-state index is 13.0. The number of amides is 1. The van der Waals surface area contributed by atoms with Gasteiger partial charge in [-0.1, -0.05) is 17.7 Å². The van der Waals surface area contributed by atoms with Crippen LogP contribution < -0.4 is 19.5 Å². The predicted molar refractivity (Wildman–Crippen MR) is 110 cm³/mol. The molecule has 2 aromatic carbocycles. The van der Waals surface area contributed by atoms with Crippen molar-refractivity contribution in [3.8, 4) is 17.2 Å². The highest BCUT2D eigenvalue weighted by molar-refractivity contribution is 6.30. The molecule has 28 heavy (non-hydrogen) atoms. The van der Waals surface area contributed by atoms with E-state index in [1.54, 1.807) is 33.5 Å². The Kier molecular flexibility index (Phi) is 6.52. The number of nitrogens with zero attached hydrogens (tertiary/aromatic N) is 1. The first-order valence-electron chi connectivity index (χ1n) is 9.17. The van der Waals surface area contributed by atoms with E-state index >= 15 is 0 Å². The minimum atomic E-state index is -0.0412. The fraction of sp³-hybridized carbons (Fsp3) is 0.381. The van der Waals surface area contributed by atoms with Crippen LogP contribution in [0.1, 0.15) is 23.2 Å². The number of carbonyl (C=O) groups is 1. The second-order valence-electron chi connectivity index (χ2n) is 6.64. The number of methoxy groups -OCH3 is 3. The van der Waals surface area contributed by atoms with E-state index in [-0.39, 0.29) is 5.91 Å². The summed E-state index contributed by atoms with van der Waals surface area (Å²) in [6.45, 7) is 1.35. The Hall–Kier alpha value is -2.60. The number of benzene rings is 2. The van der Waals surface area contributed by atoms with Gasteiger partial charge in [0.2, 0.25) is 5.75 Å². The van der Waals surface area contributed by atoms with Gasteiger partial charge < -0.3 is 24.4 Å². The lowest BCUT2D eigenvalue weighted by atomic mass is 10.0. The van der Waals surface area contributed by atoms with E-state index < -0.39 is 0 Å². The number of hydrogen-bond donors (Lipinski definition) is 1. The van der Waals surface area contributed by atoms with Crippen LogP contribution in [0.4, 0.5) is 5.69 Å². The van der Waals surface area contributed by atoms with E-state index in [4.69, 9.17) is 25.8 Å². The maximum Gasteiger partial charge on any atom is 0.254 e. The topological polar surface area (TPSA) is 60.0 Å². The van der Waals surface area contributed by atoms with Crippen molar-refractivity contribution in [2.24, 2.45) is 0 Å².